The Bertz CT molecular complexity index is 591. The molecule has 3 heterocycles. The van der Waals surface area contributed by atoms with Crippen LogP contribution in [0.15, 0.2) is 24.5 Å². The minimum absolute atomic E-state index is 0.489. The van der Waals surface area contributed by atoms with Gasteiger partial charge in [0.1, 0.15) is 11.3 Å². The van der Waals surface area contributed by atoms with Crippen molar-refractivity contribution in [3.8, 4) is 0 Å². The van der Waals surface area contributed by atoms with Gasteiger partial charge in [-0.25, -0.2) is 9.97 Å². The van der Waals surface area contributed by atoms with Crippen molar-refractivity contribution in [1.29, 1.82) is 0 Å². The Balaban J connectivity index is 1.70. The van der Waals surface area contributed by atoms with Gasteiger partial charge >= 0.3 is 0 Å². The summed E-state index contributed by atoms with van der Waals surface area (Å²) in [5.74, 6) is 0.999. The van der Waals surface area contributed by atoms with E-state index in [0.717, 1.165) is 37.6 Å². The van der Waals surface area contributed by atoms with Crippen molar-refractivity contribution in [3.63, 3.8) is 0 Å². The molecule has 0 radical (unpaired) electrons. The van der Waals surface area contributed by atoms with E-state index >= 15 is 0 Å². The van der Waals surface area contributed by atoms with Gasteiger partial charge in [0, 0.05) is 45.2 Å². The summed E-state index contributed by atoms with van der Waals surface area (Å²) in [6, 6.07) is 4.53. The SMILES string of the molecule is COCCNCC1CCCN1c1ccc2nccnc2n1. The zero-order valence-corrected chi connectivity index (χ0v) is 12.3. The third kappa shape index (κ3) is 3.28. The van der Waals surface area contributed by atoms with Crippen LogP contribution < -0.4 is 10.2 Å². The smallest absolute Gasteiger partial charge is 0.180 e. The number of nitrogens with one attached hydrogen (secondary N) is 1. The molecule has 0 aliphatic carbocycles. The minimum Gasteiger partial charge on any atom is -0.383 e. The topological polar surface area (TPSA) is 63.2 Å². The predicted octanol–water partition coefficient (Wildman–Crippen LogP) is 1.23. The van der Waals surface area contributed by atoms with E-state index in [1.165, 1.54) is 12.8 Å². The molecule has 6 heteroatoms. The molecule has 1 N–H and O–H groups in total. The molecule has 0 saturated carbocycles. The third-order valence-electron chi connectivity index (χ3n) is 3.85. The number of ether oxygens (including phenoxy) is 1. The number of pyridine rings is 1. The van der Waals surface area contributed by atoms with Gasteiger partial charge in [0.15, 0.2) is 5.65 Å². The van der Waals surface area contributed by atoms with Crippen molar-refractivity contribution < 1.29 is 4.74 Å². The van der Waals surface area contributed by atoms with Crippen LogP contribution in [0.3, 0.4) is 0 Å². The minimum atomic E-state index is 0.489. The number of nitrogens with zero attached hydrogens (tertiary/aromatic N) is 4. The van der Waals surface area contributed by atoms with Crippen molar-refractivity contribution in [2.75, 3.05) is 38.3 Å². The third-order valence-corrected chi connectivity index (χ3v) is 3.85. The molecule has 0 bridgehead atoms. The van der Waals surface area contributed by atoms with Gasteiger partial charge in [0.25, 0.3) is 0 Å². The van der Waals surface area contributed by atoms with Crippen LogP contribution in [0.25, 0.3) is 11.2 Å². The fraction of sp³-hybridized carbons (Fsp3) is 0.533. The van der Waals surface area contributed by atoms with E-state index in [4.69, 9.17) is 4.74 Å². The summed E-state index contributed by atoms with van der Waals surface area (Å²) >= 11 is 0. The molecule has 112 valence electrons. The zero-order valence-electron chi connectivity index (χ0n) is 12.3. The Morgan fingerprint density at radius 2 is 2.24 bits per heavy atom. The number of rotatable bonds is 6. The maximum absolute atomic E-state index is 5.06. The van der Waals surface area contributed by atoms with Crippen molar-refractivity contribution in [2.45, 2.75) is 18.9 Å². The summed E-state index contributed by atoms with van der Waals surface area (Å²) in [6.07, 6.45) is 5.78. The summed E-state index contributed by atoms with van der Waals surface area (Å²) in [5, 5.41) is 3.44. The highest BCUT2D eigenvalue weighted by atomic mass is 16.5. The molecule has 1 aliphatic heterocycles. The van der Waals surface area contributed by atoms with Crippen LogP contribution in [0.4, 0.5) is 5.82 Å². The van der Waals surface area contributed by atoms with E-state index in [9.17, 15) is 0 Å². The van der Waals surface area contributed by atoms with Crippen LogP contribution in [0.1, 0.15) is 12.8 Å². The highest BCUT2D eigenvalue weighted by Crippen LogP contribution is 2.24. The number of fused-ring (bicyclic) bond motifs is 1. The lowest BCUT2D eigenvalue weighted by molar-refractivity contribution is 0.199. The lowest BCUT2D eigenvalue weighted by Crippen LogP contribution is -2.39. The predicted molar refractivity (Wildman–Crippen MR) is 82.4 cm³/mol. The fourth-order valence-corrected chi connectivity index (χ4v) is 2.80. The first-order chi connectivity index (χ1) is 10.4. The molecular formula is C15H21N5O. The van der Waals surface area contributed by atoms with E-state index in [2.05, 4.69) is 25.2 Å². The summed E-state index contributed by atoms with van der Waals surface area (Å²) < 4.78 is 5.06. The standard InChI is InChI=1S/C15H21N5O/c1-21-10-8-16-11-12-3-2-9-20(12)14-5-4-13-15(19-14)18-7-6-17-13/h4-7,12,16H,2-3,8-11H2,1H3. The van der Waals surface area contributed by atoms with Crippen LogP contribution in [0.2, 0.25) is 0 Å². The number of anilines is 1. The summed E-state index contributed by atoms with van der Waals surface area (Å²) in [4.78, 5) is 15.6. The van der Waals surface area contributed by atoms with Crippen molar-refractivity contribution in [2.24, 2.45) is 0 Å². The van der Waals surface area contributed by atoms with E-state index in [1.807, 2.05) is 12.1 Å². The monoisotopic (exact) mass is 287 g/mol. The van der Waals surface area contributed by atoms with E-state index in [0.29, 0.717) is 11.7 Å². The average Bonchev–Trinajstić information content (AvgIpc) is 2.99. The van der Waals surface area contributed by atoms with Crippen LogP contribution in [0.5, 0.6) is 0 Å². The molecule has 1 fully saturated rings. The van der Waals surface area contributed by atoms with Crippen molar-refractivity contribution in [1.82, 2.24) is 20.3 Å². The largest absolute Gasteiger partial charge is 0.383 e. The number of methoxy groups -OCH3 is 1. The second-order valence-electron chi connectivity index (χ2n) is 5.25. The Kier molecular flexibility index (Phi) is 4.57. The van der Waals surface area contributed by atoms with Crippen LogP contribution in [-0.2, 0) is 4.74 Å². The lowest BCUT2D eigenvalue weighted by atomic mass is 10.2. The zero-order chi connectivity index (χ0) is 14.5. The maximum atomic E-state index is 5.06. The number of aromatic nitrogens is 3. The maximum Gasteiger partial charge on any atom is 0.180 e. The molecule has 0 aromatic carbocycles. The van der Waals surface area contributed by atoms with Crippen LogP contribution in [0, 0.1) is 0 Å². The molecule has 21 heavy (non-hydrogen) atoms. The fourth-order valence-electron chi connectivity index (χ4n) is 2.80. The molecule has 1 saturated heterocycles. The Hall–Kier alpha value is -1.79. The van der Waals surface area contributed by atoms with Gasteiger partial charge in [0.2, 0.25) is 0 Å². The molecule has 1 aliphatic rings. The molecule has 1 atom stereocenters. The normalized spacial score (nSPS) is 18.5. The average molecular weight is 287 g/mol. The first-order valence-electron chi connectivity index (χ1n) is 7.42. The van der Waals surface area contributed by atoms with Gasteiger partial charge in [0.05, 0.1) is 6.61 Å². The van der Waals surface area contributed by atoms with Gasteiger partial charge in [-0.3, -0.25) is 4.98 Å². The van der Waals surface area contributed by atoms with Crippen molar-refractivity contribution >= 4 is 17.0 Å². The quantitative estimate of drug-likeness (QED) is 0.806. The highest BCUT2D eigenvalue weighted by molar-refractivity contribution is 5.71. The first-order valence-corrected chi connectivity index (χ1v) is 7.42. The number of hydrogen-bond donors (Lipinski definition) is 1. The molecular weight excluding hydrogens is 266 g/mol. The van der Waals surface area contributed by atoms with Gasteiger partial charge in [-0.2, -0.15) is 0 Å². The van der Waals surface area contributed by atoms with Gasteiger partial charge in [-0.05, 0) is 25.0 Å². The molecule has 3 rings (SSSR count). The molecule has 2 aromatic rings. The Labute approximate surface area is 124 Å². The van der Waals surface area contributed by atoms with Crippen molar-refractivity contribution in [3.05, 3.63) is 24.5 Å². The van der Waals surface area contributed by atoms with Gasteiger partial charge < -0.3 is 15.0 Å². The molecule has 2 aromatic heterocycles. The van der Waals surface area contributed by atoms with E-state index in [1.54, 1.807) is 19.5 Å². The lowest BCUT2D eigenvalue weighted by Gasteiger charge is -2.26. The van der Waals surface area contributed by atoms with Gasteiger partial charge in [-0.15, -0.1) is 0 Å². The Morgan fingerprint density at radius 1 is 1.33 bits per heavy atom. The Morgan fingerprint density at radius 3 is 3.14 bits per heavy atom. The first kappa shape index (κ1) is 14.2. The summed E-state index contributed by atoms with van der Waals surface area (Å²) in [5.41, 5.74) is 1.56. The summed E-state index contributed by atoms with van der Waals surface area (Å²) in [6.45, 7) is 3.65. The highest BCUT2D eigenvalue weighted by Gasteiger charge is 2.25. The molecule has 6 nitrogen and oxygen atoms in total. The van der Waals surface area contributed by atoms with Crippen LogP contribution >= 0.6 is 0 Å². The van der Waals surface area contributed by atoms with E-state index in [-0.39, 0.29) is 0 Å². The van der Waals surface area contributed by atoms with Crippen LogP contribution in [-0.4, -0.2) is 54.3 Å². The molecule has 1 unspecified atom stereocenters. The molecule has 0 amide bonds. The second-order valence-corrected chi connectivity index (χ2v) is 5.25. The second kappa shape index (κ2) is 6.78. The van der Waals surface area contributed by atoms with Gasteiger partial charge in [-0.1, -0.05) is 0 Å². The summed E-state index contributed by atoms with van der Waals surface area (Å²) in [7, 11) is 1.73. The number of hydrogen-bond acceptors (Lipinski definition) is 6. The van der Waals surface area contributed by atoms with E-state index < -0.39 is 0 Å². The molecule has 0 spiro atoms.